The van der Waals surface area contributed by atoms with Crippen LogP contribution in [0.5, 0.6) is 0 Å². The molecule has 3 rings (SSSR count). The Labute approximate surface area is 112 Å². The zero-order valence-electron chi connectivity index (χ0n) is 11.6. The van der Waals surface area contributed by atoms with Crippen molar-refractivity contribution in [3.05, 3.63) is 11.6 Å². The topological polar surface area (TPSA) is 63.6 Å². The van der Waals surface area contributed by atoms with Gasteiger partial charge in [-0.1, -0.05) is 20.8 Å². The van der Waals surface area contributed by atoms with Gasteiger partial charge in [-0.25, -0.2) is 4.79 Å². The highest BCUT2D eigenvalue weighted by Crippen LogP contribution is 2.59. The number of carbonyl (C=O) groups is 2. The Kier molecular flexibility index (Phi) is 2.50. The van der Waals surface area contributed by atoms with Gasteiger partial charge in [0.05, 0.1) is 12.7 Å². The molecule has 104 valence electrons. The van der Waals surface area contributed by atoms with Crippen molar-refractivity contribution in [3.63, 3.8) is 0 Å². The lowest BCUT2D eigenvalue weighted by atomic mass is 9.48. The summed E-state index contributed by atoms with van der Waals surface area (Å²) in [4.78, 5) is 23.9. The van der Waals surface area contributed by atoms with Gasteiger partial charge >= 0.3 is 5.97 Å². The van der Waals surface area contributed by atoms with Crippen molar-refractivity contribution in [1.29, 1.82) is 0 Å². The highest BCUT2D eigenvalue weighted by molar-refractivity contribution is 5.92. The number of Topliss-reactive ketones (excluding diaryl/α,β-unsaturated/α-hetero) is 1. The molecule has 1 heterocycles. The first-order valence-electron chi connectivity index (χ1n) is 6.88. The van der Waals surface area contributed by atoms with Gasteiger partial charge in [0.1, 0.15) is 5.78 Å². The molecule has 4 atom stereocenters. The number of rotatable bonds is 0. The first kappa shape index (κ1) is 12.9. The lowest BCUT2D eigenvalue weighted by Gasteiger charge is -2.55. The molecular formula is C15H20O4. The van der Waals surface area contributed by atoms with Crippen molar-refractivity contribution in [2.75, 3.05) is 6.61 Å². The van der Waals surface area contributed by atoms with Gasteiger partial charge < -0.3 is 9.84 Å². The van der Waals surface area contributed by atoms with Crippen LogP contribution < -0.4 is 0 Å². The summed E-state index contributed by atoms with van der Waals surface area (Å²) in [6.45, 7) is 6.30. The number of fused-ring (bicyclic) bond motifs is 3. The Morgan fingerprint density at radius 3 is 2.68 bits per heavy atom. The van der Waals surface area contributed by atoms with Crippen LogP contribution in [0.4, 0.5) is 0 Å². The Balaban J connectivity index is 2.13. The molecule has 0 spiro atoms. The molecule has 2 fully saturated rings. The quantitative estimate of drug-likeness (QED) is 0.673. The summed E-state index contributed by atoms with van der Waals surface area (Å²) in [7, 11) is 0. The zero-order valence-corrected chi connectivity index (χ0v) is 11.6. The highest BCUT2D eigenvalue weighted by Gasteiger charge is 2.61. The molecule has 3 aliphatic rings. The van der Waals surface area contributed by atoms with Crippen molar-refractivity contribution in [1.82, 2.24) is 0 Å². The van der Waals surface area contributed by atoms with E-state index in [0.717, 1.165) is 6.42 Å². The Morgan fingerprint density at radius 2 is 2.00 bits per heavy atom. The molecule has 0 radical (unpaired) electrons. The minimum atomic E-state index is -0.749. The van der Waals surface area contributed by atoms with Crippen LogP contribution in [0, 0.1) is 22.7 Å². The van der Waals surface area contributed by atoms with E-state index in [1.54, 1.807) is 6.08 Å². The third kappa shape index (κ3) is 1.49. The van der Waals surface area contributed by atoms with Crippen molar-refractivity contribution >= 4 is 11.8 Å². The minimum Gasteiger partial charge on any atom is -0.462 e. The maximum atomic E-state index is 12.2. The van der Waals surface area contributed by atoms with Crippen molar-refractivity contribution in [2.45, 2.75) is 39.7 Å². The number of cyclic esters (lactones) is 1. The van der Waals surface area contributed by atoms with E-state index in [1.165, 1.54) is 0 Å². The summed E-state index contributed by atoms with van der Waals surface area (Å²) in [6, 6.07) is 0. The summed E-state index contributed by atoms with van der Waals surface area (Å²) >= 11 is 0. The molecule has 0 aromatic carbocycles. The fourth-order valence-corrected chi connectivity index (χ4v) is 4.55. The third-order valence-corrected chi connectivity index (χ3v) is 5.58. The number of esters is 1. The number of hydrogen-bond acceptors (Lipinski definition) is 4. The Hall–Kier alpha value is -1.16. The molecule has 1 aliphatic heterocycles. The Bertz CT molecular complexity index is 490. The summed E-state index contributed by atoms with van der Waals surface area (Å²) < 4.78 is 5.15. The Morgan fingerprint density at radius 1 is 1.32 bits per heavy atom. The van der Waals surface area contributed by atoms with Gasteiger partial charge in [-0.2, -0.15) is 0 Å². The fraction of sp³-hybridized carbons (Fsp3) is 0.733. The summed E-state index contributed by atoms with van der Waals surface area (Å²) in [5.41, 5.74) is -0.191. The van der Waals surface area contributed by atoms with Gasteiger partial charge in [0.15, 0.2) is 0 Å². The molecular weight excluding hydrogens is 244 g/mol. The van der Waals surface area contributed by atoms with Gasteiger partial charge in [0.2, 0.25) is 0 Å². The van der Waals surface area contributed by atoms with Gasteiger partial charge in [-0.15, -0.1) is 0 Å². The molecule has 19 heavy (non-hydrogen) atoms. The molecule has 0 unspecified atom stereocenters. The van der Waals surface area contributed by atoms with Crippen LogP contribution in [-0.2, 0) is 14.3 Å². The van der Waals surface area contributed by atoms with Crippen molar-refractivity contribution in [3.8, 4) is 0 Å². The second-order valence-electron chi connectivity index (χ2n) is 6.89. The van der Waals surface area contributed by atoms with E-state index in [1.807, 2.05) is 13.8 Å². The highest BCUT2D eigenvalue weighted by atomic mass is 16.5. The van der Waals surface area contributed by atoms with E-state index in [4.69, 9.17) is 4.74 Å². The number of ether oxygens (including phenoxy) is 1. The summed E-state index contributed by atoms with van der Waals surface area (Å²) in [6.07, 6.45) is 2.11. The predicted molar refractivity (Wildman–Crippen MR) is 68.2 cm³/mol. The maximum absolute atomic E-state index is 12.2. The van der Waals surface area contributed by atoms with Crippen molar-refractivity contribution in [2.24, 2.45) is 22.7 Å². The van der Waals surface area contributed by atoms with E-state index < -0.39 is 11.5 Å². The second kappa shape index (κ2) is 3.69. The number of aliphatic hydroxyl groups excluding tert-OH is 1. The fourth-order valence-electron chi connectivity index (χ4n) is 4.55. The lowest BCUT2D eigenvalue weighted by molar-refractivity contribution is -0.151. The number of hydrogen-bond donors (Lipinski definition) is 1. The molecule has 2 aliphatic carbocycles. The molecule has 0 aromatic heterocycles. The van der Waals surface area contributed by atoms with Crippen LogP contribution in [0.2, 0.25) is 0 Å². The number of ketones is 1. The van der Waals surface area contributed by atoms with Gasteiger partial charge in [-0.05, 0) is 17.9 Å². The molecule has 0 amide bonds. The average Bonchev–Trinajstić information content (AvgIpc) is 2.67. The van der Waals surface area contributed by atoms with Crippen molar-refractivity contribution < 1.29 is 19.4 Å². The lowest BCUT2D eigenvalue weighted by Crippen LogP contribution is -2.57. The van der Waals surface area contributed by atoms with E-state index >= 15 is 0 Å². The molecule has 1 saturated heterocycles. The largest absolute Gasteiger partial charge is 0.462 e. The van der Waals surface area contributed by atoms with Gasteiger partial charge in [0, 0.05) is 29.2 Å². The molecule has 1 saturated carbocycles. The standard InChI is InChI=1S/C15H20O4/c1-14(2)11(17)4-5-15(3)9-7-19-13(18)8(9)6-10(16)12(14)15/h6,9-10,12,16H,4-5,7H2,1-3H3/t9-,10-,12-,15+/m0/s1. The second-order valence-corrected chi connectivity index (χ2v) is 6.89. The molecule has 4 nitrogen and oxygen atoms in total. The summed E-state index contributed by atoms with van der Waals surface area (Å²) in [5, 5.41) is 10.5. The number of carbonyl (C=O) groups excluding carboxylic acids is 2. The predicted octanol–water partition coefficient (Wildman–Crippen LogP) is 1.47. The maximum Gasteiger partial charge on any atom is 0.334 e. The average molecular weight is 264 g/mol. The number of aliphatic hydroxyl groups is 1. The minimum absolute atomic E-state index is 0.0146. The van der Waals surface area contributed by atoms with E-state index in [-0.39, 0.29) is 29.0 Å². The third-order valence-electron chi connectivity index (χ3n) is 5.58. The summed E-state index contributed by atoms with van der Waals surface area (Å²) in [5.74, 6) is -0.236. The molecule has 1 N–H and O–H groups in total. The smallest absolute Gasteiger partial charge is 0.334 e. The van der Waals surface area contributed by atoms with E-state index in [9.17, 15) is 14.7 Å². The van der Waals surface area contributed by atoms with Crippen LogP contribution in [0.15, 0.2) is 11.6 Å². The first-order chi connectivity index (χ1) is 8.78. The van der Waals surface area contributed by atoms with Gasteiger partial charge in [-0.3, -0.25) is 4.79 Å². The molecule has 0 aromatic rings. The van der Waals surface area contributed by atoms with Crippen LogP contribution in [-0.4, -0.2) is 29.6 Å². The van der Waals surface area contributed by atoms with Crippen LogP contribution in [0.3, 0.4) is 0 Å². The first-order valence-corrected chi connectivity index (χ1v) is 6.88. The zero-order chi connectivity index (χ0) is 14.0. The van der Waals surface area contributed by atoms with E-state index in [2.05, 4.69) is 6.92 Å². The van der Waals surface area contributed by atoms with Crippen LogP contribution >= 0.6 is 0 Å². The van der Waals surface area contributed by atoms with Gasteiger partial charge in [0.25, 0.3) is 0 Å². The van der Waals surface area contributed by atoms with E-state index in [0.29, 0.717) is 18.6 Å². The van der Waals surface area contributed by atoms with Crippen LogP contribution in [0.25, 0.3) is 0 Å². The monoisotopic (exact) mass is 264 g/mol. The molecule has 4 heteroatoms. The van der Waals surface area contributed by atoms with Crippen LogP contribution in [0.1, 0.15) is 33.6 Å². The molecule has 0 bridgehead atoms. The SMILES string of the molecule is CC1(C)C(=O)CC[C@]2(C)[C@H]3COC(=O)C3=C[C@H](O)[C@@H]12. The normalized spacial score (nSPS) is 44.2.